The molecule has 0 aliphatic heterocycles. The molecule has 0 bridgehead atoms. The van der Waals surface area contributed by atoms with Crippen molar-refractivity contribution in [2.24, 2.45) is 5.73 Å². The van der Waals surface area contributed by atoms with E-state index in [0.29, 0.717) is 66.0 Å². The molecule has 0 aliphatic carbocycles. The first kappa shape index (κ1) is 22.2. The van der Waals surface area contributed by atoms with Gasteiger partial charge in [-0.25, -0.2) is 4.79 Å². The summed E-state index contributed by atoms with van der Waals surface area (Å²) in [5.74, 6) is -0.364. The largest absolute Gasteiger partial charge is 0.461 e. The van der Waals surface area contributed by atoms with Crippen LogP contribution in [0.3, 0.4) is 0 Å². The molecule has 0 aromatic heterocycles. The van der Waals surface area contributed by atoms with Gasteiger partial charge >= 0.3 is 5.97 Å². The molecule has 0 heterocycles. The molecule has 0 aliphatic rings. The van der Waals surface area contributed by atoms with E-state index in [1.165, 1.54) is 0 Å². The summed E-state index contributed by atoms with van der Waals surface area (Å²) in [7, 11) is 0. The number of carbonyl (C=O) groups is 1. The lowest BCUT2D eigenvalue weighted by Crippen LogP contribution is -2.19. The highest BCUT2D eigenvalue weighted by atomic mass is 16.6. The number of esters is 1. The smallest absolute Gasteiger partial charge is 0.332 e. The third-order valence-corrected chi connectivity index (χ3v) is 2.34. The van der Waals surface area contributed by atoms with E-state index in [9.17, 15) is 4.79 Å². The third-order valence-electron chi connectivity index (χ3n) is 2.34. The van der Waals surface area contributed by atoms with Gasteiger partial charge in [-0.15, -0.1) is 0 Å². The summed E-state index contributed by atoms with van der Waals surface area (Å²) in [5.41, 5.74) is 5.28. The number of ether oxygens (including phenoxy) is 6. The van der Waals surface area contributed by atoms with Crippen molar-refractivity contribution in [3.05, 3.63) is 0 Å². The Labute approximate surface area is 138 Å². The van der Waals surface area contributed by atoms with Crippen LogP contribution in [0.2, 0.25) is 0 Å². The fourth-order valence-corrected chi connectivity index (χ4v) is 1.42. The Balaban J connectivity index is 3.06. The van der Waals surface area contributed by atoms with Crippen molar-refractivity contribution in [3.63, 3.8) is 0 Å². The summed E-state index contributed by atoms with van der Waals surface area (Å²) in [5, 5.41) is 0. The lowest BCUT2D eigenvalue weighted by Gasteiger charge is -2.09. The van der Waals surface area contributed by atoms with Gasteiger partial charge < -0.3 is 34.2 Å². The zero-order valence-corrected chi connectivity index (χ0v) is 14.3. The monoisotopic (exact) mass is 337 g/mol. The molecular weight excluding hydrogens is 306 g/mol. The Morgan fingerprint density at radius 2 is 1.13 bits per heavy atom. The minimum absolute atomic E-state index is 0.0512. The van der Waals surface area contributed by atoms with Crippen molar-refractivity contribution in [3.8, 4) is 0 Å². The summed E-state index contributed by atoms with van der Waals surface area (Å²) in [6.45, 7) is 8.45. The van der Waals surface area contributed by atoms with Crippen molar-refractivity contribution < 1.29 is 33.2 Å². The van der Waals surface area contributed by atoms with E-state index in [2.05, 4.69) is 0 Å². The van der Waals surface area contributed by atoms with E-state index >= 15 is 0 Å². The summed E-state index contributed by atoms with van der Waals surface area (Å²) < 4.78 is 31.1. The van der Waals surface area contributed by atoms with E-state index in [0.717, 1.165) is 0 Å². The molecule has 0 rings (SSSR count). The molecule has 0 amide bonds. The average Bonchev–Trinajstić information content (AvgIpc) is 2.50. The van der Waals surface area contributed by atoms with Crippen molar-refractivity contribution in [1.82, 2.24) is 0 Å². The van der Waals surface area contributed by atoms with Gasteiger partial charge in [0.25, 0.3) is 0 Å². The number of hydrogen-bond acceptors (Lipinski definition) is 8. The molecule has 0 saturated heterocycles. The number of hydrogen-bond donors (Lipinski definition) is 1. The van der Waals surface area contributed by atoms with Gasteiger partial charge in [0.15, 0.2) is 0 Å². The highest BCUT2D eigenvalue weighted by molar-refractivity contribution is 5.70. The Morgan fingerprint density at radius 1 is 0.739 bits per heavy atom. The number of nitrogens with two attached hydrogens (primary N) is 1. The number of carbonyl (C=O) groups excluding carboxylic acids is 1. The molecular formula is C15H31NO7. The van der Waals surface area contributed by atoms with Crippen LogP contribution in [-0.2, 0) is 33.2 Å². The second-order valence-corrected chi connectivity index (χ2v) is 4.83. The van der Waals surface area contributed by atoms with E-state index in [4.69, 9.17) is 34.2 Å². The summed E-state index contributed by atoms with van der Waals surface area (Å²) >= 11 is 0. The van der Waals surface area contributed by atoms with Gasteiger partial charge in [-0.2, -0.15) is 0 Å². The Morgan fingerprint density at radius 3 is 1.52 bits per heavy atom. The third kappa shape index (κ3) is 19.2. The van der Waals surface area contributed by atoms with Gasteiger partial charge in [0, 0.05) is 6.54 Å². The van der Waals surface area contributed by atoms with Gasteiger partial charge in [-0.1, -0.05) is 0 Å². The molecule has 0 radical (unpaired) electrons. The van der Waals surface area contributed by atoms with Crippen LogP contribution in [0.15, 0.2) is 0 Å². The van der Waals surface area contributed by atoms with Crippen LogP contribution in [-0.4, -0.2) is 84.7 Å². The predicted molar refractivity (Wildman–Crippen MR) is 84.4 cm³/mol. The lowest BCUT2D eigenvalue weighted by molar-refractivity contribution is -0.153. The molecule has 0 spiro atoms. The van der Waals surface area contributed by atoms with Gasteiger partial charge in [0.05, 0.1) is 65.6 Å². The molecule has 0 aromatic rings. The predicted octanol–water partition coefficient (Wildman–Crippen LogP) is -0.0203. The fourth-order valence-electron chi connectivity index (χ4n) is 1.42. The highest BCUT2D eigenvalue weighted by Crippen LogP contribution is 1.90. The molecule has 23 heavy (non-hydrogen) atoms. The fraction of sp³-hybridized carbons (Fsp3) is 0.933. The first-order valence-corrected chi connectivity index (χ1v) is 7.95. The molecule has 2 N–H and O–H groups in total. The van der Waals surface area contributed by atoms with Crippen molar-refractivity contribution in [1.29, 1.82) is 0 Å². The molecule has 0 fully saturated rings. The van der Waals surface area contributed by atoms with E-state index in [1.54, 1.807) is 13.8 Å². The standard InChI is InChI=1S/C15H31NO7/c1-14(2)23-15(17)13-22-12-11-21-10-9-20-8-7-19-6-5-18-4-3-16/h14H,3-13,16H2,1-2H3. The van der Waals surface area contributed by atoms with Gasteiger partial charge in [-0.3, -0.25) is 0 Å². The maximum Gasteiger partial charge on any atom is 0.332 e. The molecule has 138 valence electrons. The van der Waals surface area contributed by atoms with Crippen molar-refractivity contribution in [2.75, 3.05) is 72.6 Å². The Kier molecular flexibility index (Phi) is 17.0. The van der Waals surface area contributed by atoms with Gasteiger partial charge in [-0.05, 0) is 13.8 Å². The van der Waals surface area contributed by atoms with E-state index < -0.39 is 0 Å². The van der Waals surface area contributed by atoms with Gasteiger partial charge in [0.2, 0.25) is 0 Å². The van der Waals surface area contributed by atoms with Crippen LogP contribution >= 0.6 is 0 Å². The highest BCUT2D eigenvalue weighted by Gasteiger charge is 2.04. The zero-order chi connectivity index (χ0) is 17.2. The van der Waals surface area contributed by atoms with Crippen LogP contribution in [0, 0.1) is 0 Å². The SMILES string of the molecule is CC(C)OC(=O)COCCOCCOCCOCCOCCN. The van der Waals surface area contributed by atoms with E-state index in [1.807, 2.05) is 0 Å². The Bertz CT molecular complexity index is 264. The molecule has 0 aromatic carbocycles. The number of rotatable bonds is 17. The normalized spacial score (nSPS) is 11.1. The van der Waals surface area contributed by atoms with Crippen molar-refractivity contribution in [2.45, 2.75) is 20.0 Å². The summed E-state index contributed by atoms with van der Waals surface area (Å²) in [4.78, 5) is 11.2. The van der Waals surface area contributed by atoms with Gasteiger partial charge in [0.1, 0.15) is 6.61 Å². The maximum atomic E-state index is 11.2. The Hall–Kier alpha value is -0.770. The molecule has 8 heteroatoms. The molecule has 8 nitrogen and oxygen atoms in total. The lowest BCUT2D eigenvalue weighted by atomic mass is 10.5. The van der Waals surface area contributed by atoms with Crippen LogP contribution in [0.4, 0.5) is 0 Å². The summed E-state index contributed by atoms with van der Waals surface area (Å²) in [6, 6.07) is 0. The first-order chi connectivity index (χ1) is 11.2. The van der Waals surface area contributed by atoms with Crippen LogP contribution in [0.1, 0.15) is 13.8 Å². The van der Waals surface area contributed by atoms with Crippen LogP contribution in [0.25, 0.3) is 0 Å². The van der Waals surface area contributed by atoms with Crippen LogP contribution < -0.4 is 5.73 Å². The molecule has 0 saturated carbocycles. The van der Waals surface area contributed by atoms with Crippen LogP contribution in [0.5, 0.6) is 0 Å². The average molecular weight is 337 g/mol. The zero-order valence-electron chi connectivity index (χ0n) is 14.3. The topological polar surface area (TPSA) is 98.5 Å². The van der Waals surface area contributed by atoms with E-state index in [-0.39, 0.29) is 18.7 Å². The summed E-state index contributed by atoms with van der Waals surface area (Å²) in [6.07, 6.45) is -0.123. The quantitative estimate of drug-likeness (QED) is 0.292. The maximum absolute atomic E-state index is 11.2. The first-order valence-electron chi connectivity index (χ1n) is 7.95. The second-order valence-electron chi connectivity index (χ2n) is 4.83. The minimum atomic E-state index is -0.364. The minimum Gasteiger partial charge on any atom is -0.461 e. The van der Waals surface area contributed by atoms with Crippen molar-refractivity contribution >= 4 is 5.97 Å². The molecule has 0 unspecified atom stereocenters. The second kappa shape index (κ2) is 17.6. The molecule has 0 atom stereocenters.